The van der Waals surface area contributed by atoms with Crippen LogP contribution >= 0.6 is 0 Å². The molecule has 0 aliphatic carbocycles. The molecule has 0 aromatic heterocycles. The summed E-state index contributed by atoms with van der Waals surface area (Å²) >= 11 is 0. The van der Waals surface area contributed by atoms with Gasteiger partial charge in [-0.3, -0.25) is 9.59 Å². The lowest BCUT2D eigenvalue weighted by Crippen LogP contribution is -2.25. The first-order valence-corrected chi connectivity index (χ1v) is 20.9. The van der Waals surface area contributed by atoms with Crippen LogP contribution in [0.5, 0.6) is 0 Å². The molecule has 0 saturated carbocycles. The monoisotopic (exact) mass is 667 g/mol. The number of aliphatic hydroxyl groups is 1. The maximum atomic E-state index is 12.0. The van der Waals surface area contributed by atoms with Crippen LogP contribution in [0.25, 0.3) is 0 Å². The third-order valence-electron chi connectivity index (χ3n) is 9.52. The molecule has 5 heteroatoms. The molecule has 0 aliphatic heterocycles. The van der Waals surface area contributed by atoms with Gasteiger partial charge in [-0.05, 0) is 18.8 Å². The van der Waals surface area contributed by atoms with E-state index < -0.39 is 6.10 Å². The molecule has 0 unspecified atom stereocenters. The van der Waals surface area contributed by atoms with Crippen molar-refractivity contribution in [3.05, 3.63) is 0 Å². The van der Waals surface area contributed by atoms with Crippen LogP contribution in [-0.2, 0) is 19.1 Å². The van der Waals surface area contributed by atoms with E-state index in [-0.39, 0.29) is 25.2 Å². The number of ether oxygens (including phenoxy) is 2. The predicted molar refractivity (Wildman–Crippen MR) is 201 cm³/mol. The molecule has 1 atom stereocenters. The molecule has 0 aliphatic rings. The molecule has 0 radical (unpaired) electrons. The summed E-state index contributed by atoms with van der Waals surface area (Å²) in [7, 11) is 0. The first-order chi connectivity index (χ1) is 23.0. The average Bonchev–Trinajstić information content (AvgIpc) is 3.05. The summed E-state index contributed by atoms with van der Waals surface area (Å²) in [5.41, 5.74) is 0. The van der Waals surface area contributed by atoms with Crippen molar-refractivity contribution in [3.63, 3.8) is 0 Å². The van der Waals surface area contributed by atoms with Crippen molar-refractivity contribution in [2.75, 3.05) is 13.2 Å². The van der Waals surface area contributed by atoms with Crippen LogP contribution in [0.2, 0.25) is 0 Å². The second-order valence-corrected chi connectivity index (χ2v) is 15.0. The molecule has 0 saturated heterocycles. The van der Waals surface area contributed by atoms with Gasteiger partial charge in [-0.1, -0.05) is 207 Å². The lowest BCUT2D eigenvalue weighted by Gasteiger charge is -2.12. The fourth-order valence-corrected chi connectivity index (χ4v) is 6.33. The van der Waals surface area contributed by atoms with Crippen molar-refractivity contribution in [2.45, 2.75) is 239 Å². The molecular formula is C42H82O5. The number of esters is 2. The van der Waals surface area contributed by atoms with Crippen LogP contribution in [0.1, 0.15) is 233 Å². The number of hydrogen-bond acceptors (Lipinski definition) is 5. The first-order valence-electron chi connectivity index (χ1n) is 20.9. The summed E-state index contributed by atoms with van der Waals surface area (Å²) in [4.78, 5) is 23.9. The second kappa shape index (κ2) is 37.7. The highest BCUT2D eigenvalue weighted by atomic mass is 16.6. The van der Waals surface area contributed by atoms with E-state index in [2.05, 4.69) is 20.8 Å². The number of hydrogen-bond donors (Lipinski definition) is 1. The number of rotatable bonds is 38. The average molecular weight is 667 g/mol. The van der Waals surface area contributed by atoms with E-state index >= 15 is 0 Å². The second-order valence-electron chi connectivity index (χ2n) is 15.0. The SMILES string of the molecule is CCCCCCCCCCCCCCC(=O)OC[C@@H](O)COC(=O)CCCCCCCCCCCCCCCCCCCCC(C)C. The molecule has 47 heavy (non-hydrogen) atoms. The Hall–Kier alpha value is -1.10. The normalized spacial score (nSPS) is 12.1. The van der Waals surface area contributed by atoms with Gasteiger partial charge in [-0.25, -0.2) is 0 Å². The summed E-state index contributed by atoms with van der Waals surface area (Å²) in [5.74, 6) is 0.315. The van der Waals surface area contributed by atoms with E-state index in [0.717, 1.165) is 31.6 Å². The molecule has 0 fully saturated rings. The molecule has 280 valence electrons. The van der Waals surface area contributed by atoms with Crippen molar-refractivity contribution in [3.8, 4) is 0 Å². The lowest BCUT2D eigenvalue weighted by atomic mass is 10.0. The smallest absolute Gasteiger partial charge is 0.305 e. The van der Waals surface area contributed by atoms with E-state index in [1.807, 2.05) is 0 Å². The van der Waals surface area contributed by atoms with Gasteiger partial charge in [0, 0.05) is 12.8 Å². The van der Waals surface area contributed by atoms with Crippen molar-refractivity contribution in [1.82, 2.24) is 0 Å². The van der Waals surface area contributed by atoms with Gasteiger partial charge < -0.3 is 14.6 Å². The standard InChI is InChI=1S/C42H82O5/c1-4-5-6-7-8-9-10-20-23-26-29-32-35-41(44)46-37-40(43)38-47-42(45)36-33-30-27-24-21-18-16-14-12-11-13-15-17-19-22-25-28-31-34-39(2)3/h39-40,43H,4-38H2,1-3H3/t40-/m1/s1. The molecule has 0 aromatic carbocycles. The van der Waals surface area contributed by atoms with E-state index in [1.165, 1.54) is 173 Å². The Labute approximate surface area is 293 Å². The summed E-state index contributed by atoms with van der Waals surface area (Å²) < 4.78 is 10.3. The van der Waals surface area contributed by atoms with E-state index in [1.54, 1.807) is 0 Å². The zero-order valence-electron chi connectivity index (χ0n) is 32.0. The fraction of sp³-hybridized carbons (Fsp3) is 0.952. The third kappa shape index (κ3) is 39.2. The summed E-state index contributed by atoms with van der Waals surface area (Å²) in [5, 5.41) is 10.0. The van der Waals surface area contributed by atoms with Gasteiger partial charge in [0.05, 0.1) is 0 Å². The lowest BCUT2D eigenvalue weighted by molar-refractivity contribution is -0.152. The molecular weight excluding hydrogens is 584 g/mol. The fourth-order valence-electron chi connectivity index (χ4n) is 6.33. The topological polar surface area (TPSA) is 72.8 Å². The van der Waals surface area contributed by atoms with Crippen LogP contribution in [-0.4, -0.2) is 36.4 Å². The highest BCUT2D eigenvalue weighted by molar-refractivity contribution is 5.69. The van der Waals surface area contributed by atoms with E-state index in [0.29, 0.717) is 12.8 Å². The maximum absolute atomic E-state index is 12.0. The van der Waals surface area contributed by atoms with Crippen molar-refractivity contribution >= 4 is 11.9 Å². The van der Waals surface area contributed by atoms with Crippen molar-refractivity contribution in [1.29, 1.82) is 0 Å². The molecule has 0 heterocycles. The van der Waals surface area contributed by atoms with Crippen LogP contribution in [0.15, 0.2) is 0 Å². The van der Waals surface area contributed by atoms with Gasteiger partial charge in [0.25, 0.3) is 0 Å². The van der Waals surface area contributed by atoms with Crippen LogP contribution < -0.4 is 0 Å². The van der Waals surface area contributed by atoms with E-state index in [4.69, 9.17) is 9.47 Å². The summed E-state index contributed by atoms with van der Waals surface area (Å²) in [6.07, 6.45) is 40.2. The third-order valence-corrected chi connectivity index (χ3v) is 9.52. The Morgan fingerprint density at radius 2 is 0.681 bits per heavy atom. The Morgan fingerprint density at radius 3 is 0.957 bits per heavy atom. The Bertz CT molecular complexity index is 649. The highest BCUT2D eigenvalue weighted by Crippen LogP contribution is 2.16. The van der Waals surface area contributed by atoms with Crippen molar-refractivity contribution in [2.24, 2.45) is 5.92 Å². The highest BCUT2D eigenvalue weighted by Gasteiger charge is 2.12. The Kier molecular flexibility index (Phi) is 36.8. The summed E-state index contributed by atoms with van der Waals surface area (Å²) in [6, 6.07) is 0. The zero-order chi connectivity index (χ0) is 34.5. The minimum Gasteiger partial charge on any atom is -0.463 e. The van der Waals surface area contributed by atoms with Crippen LogP contribution in [0, 0.1) is 5.92 Å². The minimum absolute atomic E-state index is 0.108. The molecule has 5 nitrogen and oxygen atoms in total. The van der Waals surface area contributed by atoms with Gasteiger partial charge in [-0.15, -0.1) is 0 Å². The van der Waals surface area contributed by atoms with Gasteiger partial charge in [0.15, 0.2) is 0 Å². The minimum atomic E-state index is -0.955. The number of carbonyl (C=O) groups excluding carboxylic acids is 2. The molecule has 0 spiro atoms. The number of carbonyl (C=O) groups is 2. The largest absolute Gasteiger partial charge is 0.463 e. The Balaban J connectivity index is 3.35. The Morgan fingerprint density at radius 1 is 0.426 bits per heavy atom. The summed E-state index contributed by atoms with van der Waals surface area (Å²) in [6.45, 7) is 6.69. The zero-order valence-corrected chi connectivity index (χ0v) is 32.0. The van der Waals surface area contributed by atoms with Gasteiger partial charge >= 0.3 is 11.9 Å². The number of unbranched alkanes of at least 4 members (excludes halogenated alkanes) is 28. The van der Waals surface area contributed by atoms with E-state index in [9.17, 15) is 14.7 Å². The first kappa shape index (κ1) is 45.9. The van der Waals surface area contributed by atoms with Gasteiger partial charge in [0.2, 0.25) is 0 Å². The van der Waals surface area contributed by atoms with Gasteiger partial charge in [0.1, 0.15) is 19.3 Å². The number of aliphatic hydroxyl groups excluding tert-OH is 1. The molecule has 0 aromatic rings. The molecule has 0 amide bonds. The van der Waals surface area contributed by atoms with Crippen LogP contribution in [0.3, 0.4) is 0 Å². The maximum Gasteiger partial charge on any atom is 0.305 e. The van der Waals surface area contributed by atoms with Crippen LogP contribution in [0.4, 0.5) is 0 Å². The predicted octanol–water partition coefficient (Wildman–Crippen LogP) is 13.0. The van der Waals surface area contributed by atoms with Gasteiger partial charge in [-0.2, -0.15) is 0 Å². The molecule has 1 N–H and O–H groups in total. The van der Waals surface area contributed by atoms with Crippen molar-refractivity contribution < 1.29 is 24.2 Å². The quantitative estimate of drug-likeness (QED) is 0.0524. The molecule has 0 bridgehead atoms. The molecule has 0 rings (SSSR count).